The summed E-state index contributed by atoms with van der Waals surface area (Å²) in [6.07, 6.45) is 2.31. The summed E-state index contributed by atoms with van der Waals surface area (Å²) >= 11 is 0. The minimum Gasteiger partial charge on any atom is -0.372 e. The Balaban J connectivity index is 2.18. The molecule has 1 aromatic rings. The van der Waals surface area contributed by atoms with Crippen molar-refractivity contribution in [2.45, 2.75) is 12.8 Å². The molecule has 102 valence electrons. The molecule has 0 unspecified atom stereocenters. The van der Waals surface area contributed by atoms with Gasteiger partial charge in [0.2, 0.25) is 0 Å². The maximum Gasteiger partial charge on any atom is 0.293 e. The first-order valence-corrected chi connectivity index (χ1v) is 6.23. The summed E-state index contributed by atoms with van der Waals surface area (Å²) in [5, 5.41) is 13.8. The summed E-state index contributed by atoms with van der Waals surface area (Å²) < 4.78 is 0. The average Bonchev–Trinajstić information content (AvgIpc) is 3.19. The Morgan fingerprint density at radius 3 is 2.68 bits per heavy atom. The van der Waals surface area contributed by atoms with Crippen LogP contribution in [0.25, 0.3) is 0 Å². The largest absolute Gasteiger partial charge is 0.372 e. The fourth-order valence-corrected chi connectivity index (χ4v) is 1.85. The molecule has 1 aliphatic rings. The van der Waals surface area contributed by atoms with Gasteiger partial charge in [-0.3, -0.25) is 14.9 Å². The van der Waals surface area contributed by atoms with Crippen LogP contribution in [-0.4, -0.2) is 31.5 Å². The molecule has 0 aromatic heterocycles. The van der Waals surface area contributed by atoms with Gasteiger partial charge in [0.05, 0.1) is 4.92 Å². The van der Waals surface area contributed by atoms with Gasteiger partial charge in [-0.2, -0.15) is 0 Å². The van der Waals surface area contributed by atoms with Crippen molar-refractivity contribution in [3.05, 3.63) is 33.9 Å². The van der Waals surface area contributed by atoms with Gasteiger partial charge >= 0.3 is 0 Å². The van der Waals surface area contributed by atoms with Crippen LogP contribution in [-0.2, 0) is 0 Å². The highest BCUT2D eigenvalue weighted by Gasteiger charge is 2.23. The minimum absolute atomic E-state index is 0.0518. The van der Waals surface area contributed by atoms with E-state index in [1.807, 2.05) is 0 Å². The van der Waals surface area contributed by atoms with E-state index < -0.39 is 4.92 Å². The Kier molecular flexibility index (Phi) is 3.69. The molecule has 1 aromatic carbocycles. The lowest BCUT2D eigenvalue weighted by atomic mass is 10.1. The van der Waals surface area contributed by atoms with Crippen LogP contribution in [0.1, 0.15) is 23.2 Å². The maximum atomic E-state index is 11.9. The Hall–Kier alpha value is -2.11. The Bertz CT molecular complexity index is 510. The second-order valence-corrected chi connectivity index (χ2v) is 5.01. The van der Waals surface area contributed by atoms with Crippen molar-refractivity contribution in [1.29, 1.82) is 0 Å². The van der Waals surface area contributed by atoms with Crippen molar-refractivity contribution in [2.75, 3.05) is 25.5 Å². The Morgan fingerprint density at radius 1 is 1.47 bits per heavy atom. The van der Waals surface area contributed by atoms with E-state index >= 15 is 0 Å². The van der Waals surface area contributed by atoms with E-state index in [1.165, 1.54) is 6.07 Å². The molecule has 0 spiro atoms. The summed E-state index contributed by atoms with van der Waals surface area (Å²) in [7, 11) is 3.46. The van der Waals surface area contributed by atoms with Crippen molar-refractivity contribution < 1.29 is 9.72 Å². The van der Waals surface area contributed by atoms with Gasteiger partial charge < -0.3 is 10.2 Å². The molecular weight excluding hydrogens is 246 g/mol. The van der Waals surface area contributed by atoms with Gasteiger partial charge in [-0.15, -0.1) is 0 Å². The number of carbonyl (C=O) groups is 1. The zero-order chi connectivity index (χ0) is 14.0. The van der Waals surface area contributed by atoms with Gasteiger partial charge in [0.15, 0.2) is 0 Å². The number of anilines is 1. The summed E-state index contributed by atoms with van der Waals surface area (Å²) in [5.74, 6) is 0.334. The molecule has 0 heterocycles. The van der Waals surface area contributed by atoms with Gasteiger partial charge in [-0.25, -0.2) is 0 Å². The third-order valence-corrected chi connectivity index (χ3v) is 3.16. The van der Waals surface area contributed by atoms with E-state index in [0.717, 1.165) is 12.8 Å². The number of hydrogen-bond donors (Lipinski definition) is 1. The number of amides is 1. The molecule has 1 saturated carbocycles. The van der Waals surface area contributed by atoms with Crippen molar-refractivity contribution >= 4 is 17.3 Å². The number of nitro benzene ring substituents is 1. The molecule has 0 atom stereocenters. The van der Waals surface area contributed by atoms with Crippen LogP contribution < -0.4 is 10.2 Å². The van der Waals surface area contributed by atoms with E-state index in [4.69, 9.17) is 0 Å². The molecule has 2 rings (SSSR count). The van der Waals surface area contributed by atoms with Gasteiger partial charge in [-0.1, -0.05) is 0 Å². The molecule has 19 heavy (non-hydrogen) atoms. The SMILES string of the molecule is CN(C)c1ccc(C(=O)NCC2CC2)cc1[N+](=O)[O-]. The summed E-state index contributed by atoms with van der Waals surface area (Å²) in [6.45, 7) is 0.655. The average molecular weight is 263 g/mol. The number of benzene rings is 1. The molecule has 1 N–H and O–H groups in total. The van der Waals surface area contributed by atoms with Crippen LogP contribution in [0.2, 0.25) is 0 Å². The van der Waals surface area contributed by atoms with Gasteiger partial charge in [-0.05, 0) is 30.9 Å². The van der Waals surface area contributed by atoms with Crippen molar-refractivity contribution in [2.24, 2.45) is 5.92 Å². The third kappa shape index (κ3) is 3.21. The number of hydrogen-bond acceptors (Lipinski definition) is 4. The minimum atomic E-state index is -0.465. The molecule has 6 nitrogen and oxygen atoms in total. The van der Waals surface area contributed by atoms with E-state index in [9.17, 15) is 14.9 Å². The number of nitrogens with one attached hydrogen (secondary N) is 1. The van der Waals surface area contributed by atoms with Crippen LogP contribution in [0.4, 0.5) is 11.4 Å². The highest BCUT2D eigenvalue weighted by molar-refractivity contribution is 5.95. The number of rotatable bonds is 5. The predicted octanol–water partition coefficient (Wildman–Crippen LogP) is 1.80. The molecule has 0 radical (unpaired) electrons. The second kappa shape index (κ2) is 5.26. The van der Waals surface area contributed by atoms with Crippen molar-refractivity contribution in [3.8, 4) is 0 Å². The van der Waals surface area contributed by atoms with Crippen LogP contribution in [0, 0.1) is 16.0 Å². The monoisotopic (exact) mass is 263 g/mol. The highest BCUT2D eigenvalue weighted by atomic mass is 16.6. The maximum absolute atomic E-state index is 11.9. The number of carbonyl (C=O) groups excluding carboxylic acids is 1. The normalized spacial score (nSPS) is 14.0. The van der Waals surface area contributed by atoms with Gasteiger partial charge in [0.25, 0.3) is 11.6 Å². The lowest BCUT2D eigenvalue weighted by molar-refractivity contribution is -0.384. The first kappa shape index (κ1) is 13.3. The molecule has 0 saturated heterocycles. The molecule has 6 heteroatoms. The van der Waals surface area contributed by atoms with Crippen LogP contribution in [0.15, 0.2) is 18.2 Å². The topological polar surface area (TPSA) is 75.5 Å². The lowest BCUT2D eigenvalue weighted by Gasteiger charge is -2.13. The van der Waals surface area contributed by atoms with Gasteiger partial charge in [0, 0.05) is 32.3 Å². The van der Waals surface area contributed by atoms with Crippen LogP contribution in [0.5, 0.6) is 0 Å². The number of nitrogens with zero attached hydrogens (tertiary/aromatic N) is 2. The van der Waals surface area contributed by atoms with E-state index in [1.54, 1.807) is 31.1 Å². The third-order valence-electron chi connectivity index (χ3n) is 3.16. The molecule has 0 bridgehead atoms. The van der Waals surface area contributed by atoms with Gasteiger partial charge in [0.1, 0.15) is 5.69 Å². The molecule has 1 aliphatic carbocycles. The van der Waals surface area contributed by atoms with E-state index in [0.29, 0.717) is 23.7 Å². The zero-order valence-corrected chi connectivity index (χ0v) is 11.0. The Morgan fingerprint density at radius 2 is 2.16 bits per heavy atom. The highest BCUT2D eigenvalue weighted by Crippen LogP contribution is 2.29. The number of nitro groups is 1. The second-order valence-electron chi connectivity index (χ2n) is 5.01. The first-order chi connectivity index (χ1) is 8.99. The molecule has 0 aliphatic heterocycles. The summed E-state index contributed by atoms with van der Waals surface area (Å²) in [4.78, 5) is 24.1. The smallest absolute Gasteiger partial charge is 0.293 e. The van der Waals surface area contributed by atoms with Crippen molar-refractivity contribution in [3.63, 3.8) is 0 Å². The van der Waals surface area contributed by atoms with Crippen LogP contribution >= 0.6 is 0 Å². The molecular formula is C13H17N3O3. The fraction of sp³-hybridized carbons (Fsp3) is 0.462. The summed E-state index contributed by atoms with van der Waals surface area (Å²) in [5.41, 5.74) is 0.769. The first-order valence-electron chi connectivity index (χ1n) is 6.23. The van der Waals surface area contributed by atoms with Crippen molar-refractivity contribution in [1.82, 2.24) is 5.32 Å². The molecule has 1 fully saturated rings. The predicted molar refractivity (Wildman–Crippen MR) is 72.5 cm³/mol. The van der Waals surface area contributed by atoms with E-state index in [2.05, 4.69) is 5.32 Å². The fourth-order valence-electron chi connectivity index (χ4n) is 1.85. The van der Waals surface area contributed by atoms with E-state index in [-0.39, 0.29) is 11.6 Å². The quantitative estimate of drug-likeness (QED) is 0.649. The lowest BCUT2D eigenvalue weighted by Crippen LogP contribution is -2.25. The zero-order valence-electron chi connectivity index (χ0n) is 11.0. The standard InChI is InChI=1S/C13H17N3O3/c1-15(2)11-6-5-10(7-12(11)16(18)19)13(17)14-8-9-3-4-9/h5-7,9H,3-4,8H2,1-2H3,(H,14,17). The van der Waals surface area contributed by atoms with Crippen LogP contribution in [0.3, 0.4) is 0 Å². The Labute approximate surface area is 111 Å². The summed E-state index contributed by atoms with van der Waals surface area (Å²) in [6, 6.07) is 4.55. The molecule has 1 amide bonds.